The van der Waals surface area contributed by atoms with Crippen LogP contribution < -0.4 is 5.73 Å². The molecule has 0 aromatic carbocycles. The maximum atomic E-state index is 6.12. The van der Waals surface area contributed by atoms with E-state index in [0.29, 0.717) is 0 Å². The normalized spacial score (nSPS) is 16.2. The van der Waals surface area contributed by atoms with Crippen molar-refractivity contribution in [2.75, 3.05) is 20.0 Å². The molecule has 3 nitrogen and oxygen atoms in total. The fourth-order valence-electron chi connectivity index (χ4n) is 1.26. The van der Waals surface area contributed by atoms with Crippen molar-refractivity contribution in [3.05, 3.63) is 24.3 Å². The molecule has 0 amide bonds. The van der Waals surface area contributed by atoms with Crippen molar-refractivity contribution in [1.29, 1.82) is 0 Å². The average Bonchev–Trinajstić information content (AvgIpc) is 2.23. The Kier molecular flexibility index (Phi) is 7.76. The van der Waals surface area contributed by atoms with Gasteiger partial charge in [-0.05, 0) is 13.8 Å². The molecule has 0 saturated carbocycles. The first-order valence-corrected chi connectivity index (χ1v) is 6.24. The van der Waals surface area contributed by atoms with Crippen molar-refractivity contribution in [3.8, 4) is 0 Å². The van der Waals surface area contributed by atoms with E-state index in [2.05, 4.69) is 6.58 Å². The van der Waals surface area contributed by atoms with Crippen LogP contribution in [0, 0.1) is 0 Å². The second-order valence-corrected chi connectivity index (χ2v) is 5.39. The van der Waals surface area contributed by atoms with Crippen molar-refractivity contribution in [3.63, 3.8) is 0 Å². The van der Waals surface area contributed by atoms with Gasteiger partial charge in [0, 0.05) is 26.4 Å². The molecule has 0 aliphatic heterocycles. The van der Waals surface area contributed by atoms with Gasteiger partial charge in [0.15, 0.2) is 6.29 Å². The molecule has 1 atom stereocenters. The second kappa shape index (κ2) is 7.90. The van der Waals surface area contributed by atoms with Gasteiger partial charge in [0.1, 0.15) is 0 Å². The van der Waals surface area contributed by atoms with Gasteiger partial charge in [0.2, 0.25) is 0 Å². The Hall–Kier alpha value is -0.290. The second-order valence-electron chi connectivity index (χ2n) is 3.81. The molecule has 0 aliphatic rings. The molecule has 0 fully saturated rings. The maximum absolute atomic E-state index is 6.12. The van der Waals surface area contributed by atoms with Crippen LogP contribution in [-0.2, 0) is 9.47 Å². The molecular weight excluding hydrogens is 222 g/mol. The van der Waals surface area contributed by atoms with E-state index in [4.69, 9.17) is 15.2 Å². The third-order valence-electron chi connectivity index (χ3n) is 2.13. The smallest absolute Gasteiger partial charge is 0.157 e. The van der Waals surface area contributed by atoms with Gasteiger partial charge in [-0.25, -0.2) is 0 Å². The van der Waals surface area contributed by atoms with E-state index in [1.54, 1.807) is 32.1 Å². The Bertz CT molecular complexity index is 235. The highest BCUT2D eigenvalue weighted by molar-refractivity contribution is 8.00. The van der Waals surface area contributed by atoms with Crippen molar-refractivity contribution in [2.45, 2.75) is 31.4 Å². The van der Waals surface area contributed by atoms with E-state index in [1.165, 1.54) is 0 Å². The minimum absolute atomic E-state index is 0.146. The summed E-state index contributed by atoms with van der Waals surface area (Å²) in [5, 5.41) is 0. The highest BCUT2D eigenvalue weighted by atomic mass is 32.2. The van der Waals surface area contributed by atoms with Gasteiger partial charge < -0.3 is 15.2 Å². The molecule has 0 radical (unpaired) electrons. The number of ether oxygens (including phenoxy) is 2. The standard InChI is InChI=1S/C12H23NO2S/c1-6-10(2)9-12(3,13)16-8-7-11(14-4)15-5/h6,9,11H,1,7-8,13H2,2-5H3/b10-9+/t12-/m1/s1. The first-order chi connectivity index (χ1) is 7.45. The van der Waals surface area contributed by atoms with E-state index in [9.17, 15) is 0 Å². The Balaban J connectivity index is 4.04. The zero-order chi connectivity index (χ0) is 12.6. The number of methoxy groups -OCH3 is 2. The molecule has 0 rings (SSSR count). The molecular formula is C12H23NO2S. The van der Waals surface area contributed by atoms with Gasteiger partial charge in [-0.1, -0.05) is 24.3 Å². The van der Waals surface area contributed by atoms with Crippen LogP contribution in [0.3, 0.4) is 0 Å². The summed E-state index contributed by atoms with van der Waals surface area (Å²) in [5.74, 6) is 0.889. The fourth-order valence-corrected chi connectivity index (χ4v) is 2.28. The van der Waals surface area contributed by atoms with Crippen molar-refractivity contribution in [2.24, 2.45) is 5.73 Å². The monoisotopic (exact) mass is 245 g/mol. The Morgan fingerprint density at radius 2 is 2.06 bits per heavy atom. The lowest BCUT2D eigenvalue weighted by atomic mass is 10.2. The molecule has 0 aliphatic carbocycles. The Morgan fingerprint density at radius 3 is 2.50 bits per heavy atom. The van der Waals surface area contributed by atoms with Gasteiger partial charge in [0.25, 0.3) is 0 Å². The molecule has 16 heavy (non-hydrogen) atoms. The summed E-state index contributed by atoms with van der Waals surface area (Å²) in [6.07, 6.45) is 4.50. The lowest BCUT2D eigenvalue weighted by Gasteiger charge is -2.22. The Morgan fingerprint density at radius 1 is 1.50 bits per heavy atom. The third kappa shape index (κ3) is 7.06. The van der Waals surface area contributed by atoms with Crippen LogP contribution >= 0.6 is 11.8 Å². The zero-order valence-corrected chi connectivity index (χ0v) is 11.5. The number of nitrogens with two attached hydrogens (primary N) is 1. The van der Waals surface area contributed by atoms with E-state index < -0.39 is 0 Å². The summed E-state index contributed by atoms with van der Waals surface area (Å²) in [6.45, 7) is 7.68. The lowest BCUT2D eigenvalue weighted by molar-refractivity contribution is -0.102. The molecule has 0 bridgehead atoms. The van der Waals surface area contributed by atoms with E-state index >= 15 is 0 Å². The van der Waals surface area contributed by atoms with Crippen LogP contribution in [0.1, 0.15) is 20.3 Å². The minimum atomic E-state index is -0.371. The first kappa shape index (κ1) is 15.7. The van der Waals surface area contributed by atoms with Crippen LogP contribution in [-0.4, -0.2) is 31.1 Å². The lowest BCUT2D eigenvalue weighted by Crippen LogP contribution is -2.30. The predicted octanol–water partition coefficient (Wildman–Crippen LogP) is 2.54. The van der Waals surface area contributed by atoms with Gasteiger partial charge in [0.05, 0.1) is 4.87 Å². The largest absolute Gasteiger partial charge is 0.356 e. The van der Waals surface area contributed by atoms with Crippen LogP contribution in [0.15, 0.2) is 24.3 Å². The van der Waals surface area contributed by atoms with Gasteiger partial charge in [-0.15, -0.1) is 11.8 Å². The molecule has 0 aromatic heterocycles. The zero-order valence-electron chi connectivity index (χ0n) is 10.7. The van der Waals surface area contributed by atoms with E-state index in [0.717, 1.165) is 17.7 Å². The van der Waals surface area contributed by atoms with Gasteiger partial charge in [-0.3, -0.25) is 0 Å². The number of hydrogen-bond donors (Lipinski definition) is 1. The van der Waals surface area contributed by atoms with Crippen LogP contribution in [0.2, 0.25) is 0 Å². The van der Waals surface area contributed by atoms with Crippen molar-refractivity contribution >= 4 is 11.8 Å². The summed E-state index contributed by atoms with van der Waals surface area (Å²) < 4.78 is 10.2. The number of allylic oxidation sites excluding steroid dienone is 2. The number of rotatable bonds is 8. The topological polar surface area (TPSA) is 44.5 Å². The molecule has 4 heteroatoms. The summed E-state index contributed by atoms with van der Waals surface area (Å²) >= 11 is 1.68. The highest BCUT2D eigenvalue weighted by Gasteiger charge is 2.16. The van der Waals surface area contributed by atoms with Gasteiger partial charge >= 0.3 is 0 Å². The Labute approximate surface area is 103 Å². The van der Waals surface area contributed by atoms with Crippen LogP contribution in [0.5, 0.6) is 0 Å². The first-order valence-electron chi connectivity index (χ1n) is 5.25. The summed E-state index contributed by atoms with van der Waals surface area (Å²) in [7, 11) is 3.28. The molecule has 0 unspecified atom stereocenters. The number of thioether (sulfide) groups is 1. The van der Waals surface area contributed by atoms with Crippen molar-refractivity contribution < 1.29 is 9.47 Å². The fraction of sp³-hybridized carbons (Fsp3) is 0.667. The summed E-state index contributed by atoms with van der Waals surface area (Å²) in [4.78, 5) is -0.371. The quantitative estimate of drug-likeness (QED) is 0.527. The molecule has 94 valence electrons. The predicted molar refractivity (Wildman–Crippen MR) is 71.4 cm³/mol. The molecule has 0 spiro atoms. The minimum Gasteiger partial charge on any atom is -0.356 e. The van der Waals surface area contributed by atoms with E-state index in [-0.39, 0.29) is 11.2 Å². The van der Waals surface area contributed by atoms with Crippen LogP contribution in [0.4, 0.5) is 0 Å². The summed E-state index contributed by atoms with van der Waals surface area (Å²) in [6, 6.07) is 0. The molecule has 0 saturated heterocycles. The van der Waals surface area contributed by atoms with E-state index in [1.807, 2.05) is 19.9 Å². The SMILES string of the molecule is C=C/C(C)=C/[C@](C)(N)SCCC(OC)OC. The van der Waals surface area contributed by atoms with Gasteiger partial charge in [-0.2, -0.15) is 0 Å². The highest BCUT2D eigenvalue weighted by Crippen LogP contribution is 2.23. The molecule has 2 N–H and O–H groups in total. The van der Waals surface area contributed by atoms with Crippen LogP contribution in [0.25, 0.3) is 0 Å². The third-order valence-corrected chi connectivity index (χ3v) is 3.31. The molecule has 0 heterocycles. The van der Waals surface area contributed by atoms with Crippen molar-refractivity contribution in [1.82, 2.24) is 0 Å². The number of hydrogen-bond acceptors (Lipinski definition) is 4. The molecule has 0 aromatic rings. The average molecular weight is 245 g/mol. The maximum Gasteiger partial charge on any atom is 0.157 e. The summed E-state index contributed by atoms with van der Waals surface area (Å²) in [5.41, 5.74) is 7.21.